The first-order valence-corrected chi connectivity index (χ1v) is 14.7. The van der Waals surface area contributed by atoms with Crippen LogP contribution in [0.15, 0.2) is 77.7 Å². The van der Waals surface area contributed by atoms with Crippen molar-refractivity contribution in [2.45, 2.75) is 43.9 Å². The molecule has 0 heterocycles. The number of benzene rings is 3. The highest BCUT2D eigenvalue weighted by Gasteiger charge is 2.35. The topological polar surface area (TPSA) is 86.8 Å². The minimum atomic E-state index is -4.76. The fraction of sp³-hybridized carbons (Fsp3) is 0.286. The van der Waals surface area contributed by atoms with Crippen molar-refractivity contribution < 1.29 is 31.2 Å². The van der Waals surface area contributed by atoms with E-state index in [1.54, 1.807) is 18.2 Å². The third kappa shape index (κ3) is 8.15. The molecule has 0 spiro atoms. The van der Waals surface area contributed by atoms with E-state index in [1.165, 1.54) is 43.3 Å². The predicted octanol–water partition coefficient (Wildman–Crippen LogP) is 6.15. The summed E-state index contributed by atoms with van der Waals surface area (Å²) >= 11 is 12.3. The lowest BCUT2D eigenvalue weighted by atomic mass is 10.1. The summed E-state index contributed by atoms with van der Waals surface area (Å²) in [7, 11) is -4.52. The van der Waals surface area contributed by atoms with Crippen LogP contribution in [0.4, 0.5) is 18.9 Å². The monoisotopic (exact) mass is 629 g/mol. The second-order valence-corrected chi connectivity index (χ2v) is 11.8. The van der Waals surface area contributed by atoms with Crippen LogP contribution < -0.4 is 9.62 Å². The standard InChI is InChI=1S/C28H28Cl2F3N3O4S/c1-3-14-34-27(38)19(2)35(17-20-12-13-22(29)16-25(20)30)26(37)18-36(41(39,40)24-10-5-4-6-11-24)23-9-7-8-21(15-23)28(31,32)33/h4-13,15-16,19H,3,14,17-18H2,1-2H3,(H,34,38)/t19-/m1/s1. The van der Waals surface area contributed by atoms with E-state index in [0.29, 0.717) is 33.9 Å². The molecule has 0 radical (unpaired) electrons. The van der Waals surface area contributed by atoms with E-state index < -0.39 is 46.2 Å². The third-order valence-electron chi connectivity index (χ3n) is 6.14. The molecule has 220 valence electrons. The molecule has 0 aliphatic heterocycles. The molecule has 2 amide bonds. The summed E-state index contributed by atoms with van der Waals surface area (Å²) in [6, 6.07) is 14.2. The number of halogens is 5. The minimum absolute atomic E-state index is 0.197. The van der Waals surface area contributed by atoms with Crippen molar-refractivity contribution in [1.29, 1.82) is 0 Å². The van der Waals surface area contributed by atoms with E-state index in [1.807, 2.05) is 6.92 Å². The van der Waals surface area contributed by atoms with Crippen molar-refractivity contribution in [3.63, 3.8) is 0 Å². The van der Waals surface area contributed by atoms with Crippen molar-refractivity contribution >= 4 is 50.7 Å². The molecule has 0 saturated carbocycles. The number of carbonyl (C=O) groups excluding carboxylic acids is 2. The molecular weight excluding hydrogens is 602 g/mol. The molecule has 13 heteroatoms. The summed E-state index contributed by atoms with van der Waals surface area (Å²) in [6.45, 7) is 2.56. The quantitative estimate of drug-likeness (QED) is 0.276. The Morgan fingerprint density at radius 3 is 2.27 bits per heavy atom. The van der Waals surface area contributed by atoms with Crippen molar-refractivity contribution in [2.75, 3.05) is 17.4 Å². The zero-order valence-corrected chi connectivity index (χ0v) is 24.5. The largest absolute Gasteiger partial charge is 0.416 e. The summed E-state index contributed by atoms with van der Waals surface area (Å²) in [5.41, 5.74) is -1.03. The first-order chi connectivity index (χ1) is 19.3. The lowest BCUT2D eigenvalue weighted by Gasteiger charge is -2.32. The number of carbonyl (C=O) groups is 2. The second-order valence-electron chi connectivity index (χ2n) is 9.10. The lowest BCUT2D eigenvalue weighted by molar-refractivity contribution is -0.139. The van der Waals surface area contributed by atoms with E-state index in [2.05, 4.69) is 5.32 Å². The Hall–Kier alpha value is -3.28. The van der Waals surface area contributed by atoms with Gasteiger partial charge in [-0.1, -0.05) is 60.5 Å². The Labute approximate surface area is 246 Å². The summed E-state index contributed by atoms with van der Waals surface area (Å²) < 4.78 is 68.6. The molecule has 1 atom stereocenters. The Balaban J connectivity index is 2.09. The fourth-order valence-electron chi connectivity index (χ4n) is 3.90. The van der Waals surface area contributed by atoms with Gasteiger partial charge in [0.2, 0.25) is 11.8 Å². The van der Waals surface area contributed by atoms with Crippen LogP contribution in [0.2, 0.25) is 10.0 Å². The number of nitrogens with one attached hydrogen (secondary N) is 1. The zero-order chi connectivity index (χ0) is 30.4. The number of alkyl halides is 3. The molecule has 0 aromatic heterocycles. The molecule has 0 fully saturated rings. The number of sulfonamides is 1. The maximum absolute atomic E-state index is 13.8. The van der Waals surface area contributed by atoms with Crippen molar-refractivity contribution in [3.05, 3.63) is 94.0 Å². The van der Waals surface area contributed by atoms with Crippen LogP contribution in [-0.4, -0.2) is 44.3 Å². The average molecular weight is 631 g/mol. The second kappa shape index (κ2) is 13.6. The van der Waals surface area contributed by atoms with Crippen LogP contribution in [-0.2, 0) is 32.3 Å². The van der Waals surface area contributed by atoms with Gasteiger partial charge >= 0.3 is 6.18 Å². The molecule has 0 aliphatic rings. The minimum Gasteiger partial charge on any atom is -0.354 e. The van der Waals surface area contributed by atoms with E-state index in [4.69, 9.17) is 23.2 Å². The van der Waals surface area contributed by atoms with Crippen LogP contribution >= 0.6 is 23.2 Å². The van der Waals surface area contributed by atoms with Gasteiger partial charge in [0, 0.05) is 23.1 Å². The molecule has 0 aliphatic carbocycles. The molecule has 1 N–H and O–H groups in total. The highest BCUT2D eigenvalue weighted by molar-refractivity contribution is 7.92. The van der Waals surface area contributed by atoms with Gasteiger partial charge in [-0.3, -0.25) is 13.9 Å². The maximum atomic E-state index is 13.8. The van der Waals surface area contributed by atoms with Crippen LogP contribution in [0.1, 0.15) is 31.4 Å². The highest BCUT2D eigenvalue weighted by atomic mass is 35.5. The lowest BCUT2D eigenvalue weighted by Crippen LogP contribution is -2.51. The van der Waals surface area contributed by atoms with Gasteiger partial charge in [-0.15, -0.1) is 0 Å². The number of rotatable bonds is 11. The van der Waals surface area contributed by atoms with Gasteiger partial charge in [0.25, 0.3) is 10.0 Å². The molecule has 3 rings (SSSR count). The van der Waals surface area contributed by atoms with Crippen LogP contribution in [0.5, 0.6) is 0 Å². The number of hydrogen-bond donors (Lipinski definition) is 1. The van der Waals surface area contributed by atoms with Crippen LogP contribution in [0.25, 0.3) is 0 Å². The maximum Gasteiger partial charge on any atom is 0.416 e. The normalized spacial score (nSPS) is 12.5. The highest BCUT2D eigenvalue weighted by Crippen LogP contribution is 2.33. The number of anilines is 1. The molecule has 0 saturated heterocycles. The van der Waals surface area contributed by atoms with Gasteiger partial charge in [0.1, 0.15) is 12.6 Å². The molecule has 0 unspecified atom stereocenters. The van der Waals surface area contributed by atoms with E-state index >= 15 is 0 Å². The SMILES string of the molecule is CCCNC(=O)[C@@H](C)N(Cc1ccc(Cl)cc1Cl)C(=O)CN(c1cccc(C(F)(F)F)c1)S(=O)(=O)c1ccccc1. The van der Waals surface area contributed by atoms with Gasteiger partial charge in [-0.25, -0.2) is 8.42 Å². The summed E-state index contributed by atoms with van der Waals surface area (Å²) in [5.74, 6) is -1.34. The van der Waals surface area contributed by atoms with Crippen molar-refractivity contribution in [3.8, 4) is 0 Å². The van der Waals surface area contributed by atoms with Gasteiger partial charge in [0.05, 0.1) is 16.1 Å². The smallest absolute Gasteiger partial charge is 0.354 e. The third-order valence-corrected chi connectivity index (χ3v) is 8.52. The fourth-order valence-corrected chi connectivity index (χ4v) is 5.79. The summed E-state index contributed by atoms with van der Waals surface area (Å²) in [4.78, 5) is 27.6. The molecule has 3 aromatic rings. The molecular formula is C28H28Cl2F3N3O4S. The molecule has 41 heavy (non-hydrogen) atoms. The summed E-state index contributed by atoms with van der Waals surface area (Å²) in [6.07, 6.45) is -4.13. The number of amides is 2. The van der Waals surface area contributed by atoms with Crippen LogP contribution in [0, 0.1) is 0 Å². The number of nitrogens with zero attached hydrogens (tertiary/aromatic N) is 2. The first kappa shape index (κ1) is 32.2. The van der Waals surface area contributed by atoms with Gasteiger partial charge < -0.3 is 10.2 Å². The van der Waals surface area contributed by atoms with Crippen molar-refractivity contribution in [1.82, 2.24) is 10.2 Å². The molecule has 0 bridgehead atoms. The Bertz CT molecular complexity index is 1490. The Morgan fingerprint density at radius 2 is 1.66 bits per heavy atom. The Kier molecular flexibility index (Phi) is 10.7. The van der Waals surface area contributed by atoms with Crippen LogP contribution in [0.3, 0.4) is 0 Å². The van der Waals surface area contributed by atoms with E-state index in [-0.39, 0.29) is 22.2 Å². The molecule has 3 aromatic carbocycles. The zero-order valence-electron chi connectivity index (χ0n) is 22.2. The first-order valence-electron chi connectivity index (χ1n) is 12.5. The van der Waals surface area contributed by atoms with Crippen molar-refractivity contribution in [2.24, 2.45) is 0 Å². The average Bonchev–Trinajstić information content (AvgIpc) is 2.93. The Morgan fingerprint density at radius 1 is 0.976 bits per heavy atom. The summed E-state index contributed by atoms with van der Waals surface area (Å²) in [5, 5.41) is 3.25. The predicted molar refractivity (Wildman–Crippen MR) is 152 cm³/mol. The van der Waals surface area contributed by atoms with E-state index in [9.17, 15) is 31.2 Å². The number of hydrogen-bond acceptors (Lipinski definition) is 4. The van der Waals surface area contributed by atoms with Gasteiger partial charge in [-0.2, -0.15) is 13.2 Å². The molecule has 7 nitrogen and oxygen atoms in total. The van der Waals surface area contributed by atoms with Gasteiger partial charge in [-0.05, 0) is 61.4 Å². The van der Waals surface area contributed by atoms with Gasteiger partial charge in [0.15, 0.2) is 0 Å². The van der Waals surface area contributed by atoms with E-state index in [0.717, 1.165) is 17.0 Å².